The van der Waals surface area contributed by atoms with Crippen molar-refractivity contribution in [2.75, 3.05) is 44.0 Å². The molecule has 3 N–H and O–H groups in total. The fourth-order valence-electron chi connectivity index (χ4n) is 5.10. The molecule has 1 saturated heterocycles. The predicted octanol–water partition coefficient (Wildman–Crippen LogP) is 2.46. The molecule has 1 aliphatic carbocycles. The van der Waals surface area contributed by atoms with Gasteiger partial charge in [-0.25, -0.2) is 9.97 Å². The first-order valence-electron chi connectivity index (χ1n) is 11.6. The highest BCUT2D eigenvalue weighted by atomic mass is 16.5. The van der Waals surface area contributed by atoms with E-state index >= 15 is 0 Å². The third-order valence-electron chi connectivity index (χ3n) is 7.03. The maximum Gasteiger partial charge on any atom is 0.250 e. The second-order valence-corrected chi connectivity index (χ2v) is 9.10. The van der Waals surface area contributed by atoms with E-state index in [0.717, 1.165) is 72.1 Å². The van der Waals surface area contributed by atoms with Gasteiger partial charge in [0.25, 0.3) is 5.91 Å². The van der Waals surface area contributed by atoms with Gasteiger partial charge in [-0.1, -0.05) is 0 Å². The monoisotopic (exact) mass is 461 g/mol. The molecule has 0 spiro atoms. The van der Waals surface area contributed by atoms with Crippen LogP contribution in [0.4, 0.5) is 17.3 Å². The van der Waals surface area contributed by atoms with Crippen molar-refractivity contribution < 1.29 is 9.53 Å². The van der Waals surface area contributed by atoms with Gasteiger partial charge in [-0.3, -0.25) is 4.79 Å². The van der Waals surface area contributed by atoms with Gasteiger partial charge in [0.1, 0.15) is 6.23 Å². The highest BCUT2D eigenvalue weighted by molar-refractivity contribution is 5.98. The number of nitrogens with two attached hydrogens (primary N) is 1. The largest absolute Gasteiger partial charge is 0.366 e. The molecule has 1 fully saturated rings. The molecule has 0 radical (unpaired) electrons. The van der Waals surface area contributed by atoms with Crippen LogP contribution < -0.4 is 16.0 Å². The van der Waals surface area contributed by atoms with Gasteiger partial charge in [0, 0.05) is 57.1 Å². The molecule has 5 rings (SSSR count). The van der Waals surface area contributed by atoms with E-state index in [4.69, 9.17) is 15.5 Å². The van der Waals surface area contributed by atoms with E-state index in [1.165, 1.54) is 0 Å². The quantitative estimate of drug-likeness (QED) is 0.602. The molecule has 2 aliphatic rings. The van der Waals surface area contributed by atoms with Gasteiger partial charge in [0.05, 0.1) is 17.0 Å². The number of aryl methyl sites for hydroxylation is 1. The van der Waals surface area contributed by atoms with E-state index in [1.54, 1.807) is 7.11 Å². The summed E-state index contributed by atoms with van der Waals surface area (Å²) in [5, 5.41) is 3.33. The zero-order valence-electron chi connectivity index (χ0n) is 20.1. The molecule has 1 aliphatic heterocycles. The first-order valence-corrected chi connectivity index (χ1v) is 11.6. The first-order chi connectivity index (χ1) is 16.4. The number of amides is 1. The highest BCUT2D eigenvalue weighted by Crippen LogP contribution is 2.37. The van der Waals surface area contributed by atoms with Crippen LogP contribution in [0.3, 0.4) is 0 Å². The fraction of sp³-hybridized carbons (Fsp3) is 0.400. The summed E-state index contributed by atoms with van der Waals surface area (Å²) in [5.41, 5.74) is 13.1. The molecule has 3 heterocycles. The van der Waals surface area contributed by atoms with Crippen molar-refractivity contribution in [3.05, 3.63) is 52.8 Å². The minimum atomic E-state index is -0.388. The van der Waals surface area contributed by atoms with Crippen LogP contribution in [0.25, 0.3) is 11.4 Å². The van der Waals surface area contributed by atoms with Crippen molar-refractivity contribution in [1.29, 1.82) is 0 Å². The molecule has 3 aromatic rings. The van der Waals surface area contributed by atoms with Crippen LogP contribution >= 0.6 is 0 Å². The summed E-state index contributed by atoms with van der Waals surface area (Å²) in [6, 6.07) is 8.25. The lowest BCUT2D eigenvalue weighted by atomic mass is 9.92. The second-order valence-electron chi connectivity index (χ2n) is 9.10. The maximum atomic E-state index is 12.1. The maximum absolute atomic E-state index is 12.1. The number of primary amides is 1. The molecule has 2 aromatic heterocycles. The lowest BCUT2D eigenvalue weighted by Crippen LogP contribution is -2.52. The molecule has 9 heteroatoms. The Morgan fingerprint density at radius 3 is 2.65 bits per heavy atom. The molecule has 1 unspecified atom stereocenters. The SMILES string of the molecule is COC1CN(C)CCN1c1ccc(Nc2ncc3c(n2)-c2c(c(C(N)=O)c(C)n2C)CC3)cc1. The molecule has 178 valence electrons. The summed E-state index contributed by atoms with van der Waals surface area (Å²) in [6.45, 7) is 4.72. The third kappa shape index (κ3) is 3.80. The number of aromatic nitrogens is 3. The molecule has 0 saturated carbocycles. The van der Waals surface area contributed by atoms with Crippen LogP contribution in [0.1, 0.15) is 27.2 Å². The molecule has 34 heavy (non-hydrogen) atoms. The average Bonchev–Trinajstić information content (AvgIpc) is 3.10. The number of hydrogen-bond acceptors (Lipinski definition) is 7. The Balaban J connectivity index is 1.40. The Morgan fingerprint density at radius 2 is 1.94 bits per heavy atom. The first kappa shape index (κ1) is 22.4. The van der Waals surface area contributed by atoms with E-state index in [-0.39, 0.29) is 12.1 Å². The minimum Gasteiger partial charge on any atom is -0.366 e. The minimum absolute atomic E-state index is 0.0368. The van der Waals surface area contributed by atoms with E-state index in [0.29, 0.717) is 11.5 Å². The summed E-state index contributed by atoms with van der Waals surface area (Å²) in [7, 11) is 5.82. The van der Waals surface area contributed by atoms with Crippen LogP contribution in [0.2, 0.25) is 0 Å². The highest BCUT2D eigenvalue weighted by Gasteiger charge is 2.29. The van der Waals surface area contributed by atoms with Crippen LogP contribution in [-0.2, 0) is 24.6 Å². The number of likely N-dealkylation sites (N-methyl/N-ethyl adjacent to an activating group) is 1. The number of nitrogens with zero attached hydrogens (tertiary/aromatic N) is 5. The number of fused-ring (bicyclic) bond motifs is 3. The molecule has 1 atom stereocenters. The number of methoxy groups -OCH3 is 1. The van der Waals surface area contributed by atoms with Crippen molar-refractivity contribution >= 4 is 23.2 Å². The molecular formula is C25H31N7O2. The Labute approximate surface area is 199 Å². The summed E-state index contributed by atoms with van der Waals surface area (Å²) in [5.74, 6) is 0.134. The van der Waals surface area contributed by atoms with Gasteiger partial charge < -0.3 is 30.2 Å². The van der Waals surface area contributed by atoms with Gasteiger partial charge in [0.15, 0.2) is 0 Å². The Morgan fingerprint density at radius 1 is 1.18 bits per heavy atom. The van der Waals surface area contributed by atoms with E-state index in [2.05, 4.69) is 39.3 Å². The Kier molecular flexibility index (Phi) is 5.75. The van der Waals surface area contributed by atoms with Gasteiger partial charge in [-0.15, -0.1) is 0 Å². The van der Waals surface area contributed by atoms with E-state index in [9.17, 15) is 4.79 Å². The Hall–Kier alpha value is -3.43. The lowest BCUT2D eigenvalue weighted by molar-refractivity contribution is 0.0498. The molecule has 1 aromatic carbocycles. The van der Waals surface area contributed by atoms with Crippen molar-refractivity contribution in [2.24, 2.45) is 12.8 Å². The summed E-state index contributed by atoms with van der Waals surface area (Å²) in [6.07, 6.45) is 3.46. The van der Waals surface area contributed by atoms with Crippen molar-refractivity contribution in [1.82, 2.24) is 19.4 Å². The number of anilines is 3. The van der Waals surface area contributed by atoms with Crippen molar-refractivity contribution in [3.8, 4) is 11.4 Å². The fourth-order valence-corrected chi connectivity index (χ4v) is 5.10. The topological polar surface area (TPSA) is 102 Å². The number of rotatable bonds is 5. The second kappa shape index (κ2) is 8.73. The number of ether oxygens (including phenoxy) is 1. The summed E-state index contributed by atoms with van der Waals surface area (Å²) in [4.78, 5) is 26.0. The number of carbonyl (C=O) groups is 1. The zero-order valence-corrected chi connectivity index (χ0v) is 20.1. The number of nitrogens with one attached hydrogen (secondary N) is 1. The molecule has 0 bridgehead atoms. The summed E-state index contributed by atoms with van der Waals surface area (Å²) < 4.78 is 7.70. The number of piperazine rings is 1. The van der Waals surface area contributed by atoms with Crippen LogP contribution in [-0.4, -0.2) is 65.4 Å². The van der Waals surface area contributed by atoms with Crippen LogP contribution in [0.15, 0.2) is 30.5 Å². The van der Waals surface area contributed by atoms with E-state index < -0.39 is 0 Å². The lowest BCUT2D eigenvalue weighted by Gasteiger charge is -2.40. The Bertz CT molecular complexity index is 1240. The summed E-state index contributed by atoms with van der Waals surface area (Å²) >= 11 is 0. The predicted molar refractivity (Wildman–Crippen MR) is 132 cm³/mol. The third-order valence-corrected chi connectivity index (χ3v) is 7.03. The van der Waals surface area contributed by atoms with Crippen LogP contribution in [0.5, 0.6) is 0 Å². The van der Waals surface area contributed by atoms with Crippen molar-refractivity contribution in [2.45, 2.75) is 26.0 Å². The van der Waals surface area contributed by atoms with Gasteiger partial charge >= 0.3 is 0 Å². The molecular weight excluding hydrogens is 430 g/mol. The number of carbonyl (C=O) groups excluding carboxylic acids is 1. The van der Waals surface area contributed by atoms with Crippen LogP contribution in [0, 0.1) is 6.92 Å². The number of hydrogen-bond donors (Lipinski definition) is 2. The smallest absolute Gasteiger partial charge is 0.250 e. The average molecular weight is 462 g/mol. The standard InChI is InChI=1S/C25H31N7O2/c1-15-21(24(26)33)19-10-5-16-13-27-25(29-22(16)23(19)31(15)3)28-17-6-8-18(9-7-17)32-12-11-30(2)14-20(32)34-4/h6-9,13,20H,5,10-12,14H2,1-4H3,(H2,26,33)(H,27,28,29). The molecule has 1 amide bonds. The van der Waals surface area contributed by atoms with Gasteiger partial charge in [-0.2, -0.15) is 0 Å². The van der Waals surface area contributed by atoms with Gasteiger partial charge in [0.2, 0.25) is 5.95 Å². The normalized spacial score (nSPS) is 17.9. The van der Waals surface area contributed by atoms with Crippen molar-refractivity contribution in [3.63, 3.8) is 0 Å². The zero-order chi connectivity index (χ0) is 24.0. The van der Waals surface area contributed by atoms with Gasteiger partial charge in [-0.05, 0) is 62.2 Å². The van der Waals surface area contributed by atoms with E-state index in [1.807, 2.05) is 36.9 Å². The number of benzene rings is 1. The molecule has 9 nitrogen and oxygen atoms in total.